The fourth-order valence-electron chi connectivity index (χ4n) is 4.74. The molecular formula is C26H29N5O. The number of hydrogen-bond acceptors (Lipinski definition) is 5. The van der Waals surface area contributed by atoms with Crippen LogP contribution in [0.3, 0.4) is 0 Å². The highest BCUT2D eigenvalue weighted by Gasteiger charge is 2.29. The Morgan fingerprint density at radius 1 is 1.19 bits per heavy atom. The molecule has 164 valence electrons. The number of anilines is 2. The van der Waals surface area contributed by atoms with Gasteiger partial charge >= 0.3 is 0 Å². The molecule has 2 heterocycles. The number of rotatable bonds is 5. The largest absolute Gasteiger partial charge is 0.399 e. The van der Waals surface area contributed by atoms with E-state index in [0.717, 1.165) is 34.4 Å². The van der Waals surface area contributed by atoms with E-state index in [9.17, 15) is 5.11 Å². The van der Waals surface area contributed by atoms with Crippen molar-refractivity contribution in [3.63, 3.8) is 0 Å². The van der Waals surface area contributed by atoms with Crippen LogP contribution < -0.4 is 16.4 Å². The summed E-state index contributed by atoms with van der Waals surface area (Å²) < 4.78 is 2.07. The summed E-state index contributed by atoms with van der Waals surface area (Å²) in [5.74, 6) is 0.303. The van der Waals surface area contributed by atoms with Gasteiger partial charge in [-0.3, -0.25) is 4.68 Å². The standard InChI is InChI=1S/C26H29N5O/c1-16-5-3-8-21(11-16)29-26(32)24-23-14-28-13-17(2)25(23)31(30-24)15-19-7-4-6-18-12-20(27)9-10-22(18)19/h3-12,17,26,28-29,32H,13-15,27H2,1-2H3. The summed E-state index contributed by atoms with van der Waals surface area (Å²) in [5.41, 5.74) is 12.9. The Balaban J connectivity index is 1.53. The lowest BCUT2D eigenvalue weighted by Crippen LogP contribution is -2.29. The maximum absolute atomic E-state index is 11.1. The number of benzene rings is 3. The van der Waals surface area contributed by atoms with Gasteiger partial charge in [0.1, 0.15) is 5.69 Å². The number of aliphatic hydroxyl groups is 1. The first-order valence-electron chi connectivity index (χ1n) is 11.1. The van der Waals surface area contributed by atoms with Crippen molar-refractivity contribution in [1.82, 2.24) is 15.1 Å². The lowest BCUT2D eigenvalue weighted by Gasteiger charge is -2.23. The molecule has 2 atom stereocenters. The van der Waals surface area contributed by atoms with Crippen LogP contribution in [0.25, 0.3) is 10.8 Å². The van der Waals surface area contributed by atoms with E-state index in [1.165, 1.54) is 16.6 Å². The van der Waals surface area contributed by atoms with E-state index >= 15 is 0 Å². The number of nitrogens with two attached hydrogens (primary N) is 1. The van der Waals surface area contributed by atoms with E-state index in [4.69, 9.17) is 10.8 Å². The van der Waals surface area contributed by atoms with Gasteiger partial charge < -0.3 is 21.5 Å². The predicted octanol–water partition coefficient (Wildman–Crippen LogP) is 4.28. The molecule has 6 heteroatoms. The van der Waals surface area contributed by atoms with Crippen LogP contribution >= 0.6 is 0 Å². The number of fused-ring (bicyclic) bond motifs is 2. The molecule has 0 spiro atoms. The van der Waals surface area contributed by atoms with Gasteiger partial charge in [-0.1, -0.05) is 43.3 Å². The number of aliphatic hydroxyl groups excluding tert-OH is 1. The first kappa shape index (κ1) is 20.5. The van der Waals surface area contributed by atoms with Gasteiger partial charge in [-0.05, 0) is 53.1 Å². The predicted molar refractivity (Wildman–Crippen MR) is 130 cm³/mol. The second-order valence-electron chi connectivity index (χ2n) is 8.75. The normalized spacial score (nSPS) is 16.7. The minimum Gasteiger partial charge on any atom is -0.399 e. The van der Waals surface area contributed by atoms with Gasteiger partial charge in [0.15, 0.2) is 6.23 Å². The van der Waals surface area contributed by atoms with E-state index in [2.05, 4.69) is 46.5 Å². The second-order valence-corrected chi connectivity index (χ2v) is 8.75. The number of aryl methyl sites for hydroxylation is 1. The highest BCUT2D eigenvalue weighted by molar-refractivity contribution is 5.88. The Bertz CT molecular complexity index is 1280. The first-order valence-corrected chi connectivity index (χ1v) is 11.1. The Labute approximate surface area is 188 Å². The molecular weight excluding hydrogens is 398 g/mol. The lowest BCUT2D eigenvalue weighted by atomic mass is 9.97. The molecule has 0 bridgehead atoms. The molecule has 32 heavy (non-hydrogen) atoms. The Morgan fingerprint density at radius 2 is 2.03 bits per heavy atom. The topological polar surface area (TPSA) is 88.1 Å². The van der Waals surface area contributed by atoms with E-state index in [1.807, 2.05) is 43.3 Å². The second kappa shape index (κ2) is 8.30. The van der Waals surface area contributed by atoms with Gasteiger partial charge in [0.05, 0.1) is 6.54 Å². The van der Waals surface area contributed by atoms with Crippen molar-refractivity contribution >= 4 is 22.1 Å². The summed E-state index contributed by atoms with van der Waals surface area (Å²) in [4.78, 5) is 0. The van der Waals surface area contributed by atoms with Gasteiger partial charge in [-0.25, -0.2) is 0 Å². The third kappa shape index (κ3) is 3.83. The van der Waals surface area contributed by atoms with E-state index < -0.39 is 6.23 Å². The molecule has 0 saturated carbocycles. The Kier molecular flexibility index (Phi) is 5.33. The van der Waals surface area contributed by atoms with Gasteiger partial charge in [-0.15, -0.1) is 0 Å². The smallest absolute Gasteiger partial charge is 0.170 e. The maximum atomic E-state index is 11.1. The summed E-state index contributed by atoms with van der Waals surface area (Å²) in [6.07, 6.45) is -0.883. The van der Waals surface area contributed by atoms with Crippen LogP contribution in [0.15, 0.2) is 60.7 Å². The highest BCUT2D eigenvalue weighted by atomic mass is 16.3. The van der Waals surface area contributed by atoms with Gasteiger partial charge in [0.2, 0.25) is 0 Å². The van der Waals surface area contributed by atoms with Crippen molar-refractivity contribution in [2.24, 2.45) is 0 Å². The van der Waals surface area contributed by atoms with Crippen LogP contribution in [-0.4, -0.2) is 21.4 Å². The molecule has 5 rings (SSSR count). The zero-order valence-electron chi connectivity index (χ0n) is 18.5. The molecule has 0 aliphatic carbocycles. The van der Waals surface area contributed by atoms with Crippen molar-refractivity contribution in [2.45, 2.75) is 39.1 Å². The SMILES string of the molecule is Cc1cccc(NC(O)c2nn(Cc3cccc4cc(N)ccc34)c3c2CNCC3C)c1. The number of aromatic nitrogens is 2. The zero-order valence-corrected chi connectivity index (χ0v) is 18.5. The van der Waals surface area contributed by atoms with Crippen LogP contribution in [0.5, 0.6) is 0 Å². The molecule has 2 unspecified atom stereocenters. The van der Waals surface area contributed by atoms with Crippen LogP contribution in [0.1, 0.15) is 47.1 Å². The van der Waals surface area contributed by atoms with E-state index in [1.54, 1.807) is 0 Å². The quantitative estimate of drug-likeness (QED) is 0.282. The molecule has 0 amide bonds. The minimum absolute atomic E-state index is 0.303. The van der Waals surface area contributed by atoms with E-state index in [0.29, 0.717) is 24.7 Å². The maximum Gasteiger partial charge on any atom is 0.170 e. The van der Waals surface area contributed by atoms with Crippen molar-refractivity contribution in [3.8, 4) is 0 Å². The Hall–Kier alpha value is -3.35. The van der Waals surface area contributed by atoms with Crippen LogP contribution in [0.2, 0.25) is 0 Å². The molecule has 0 radical (unpaired) electrons. The van der Waals surface area contributed by atoms with Crippen molar-refractivity contribution < 1.29 is 5.11 Å². The van der Waals surface area contributed by atoms with Crippen LogP contribution in [-0.2, 0) is 13.1 Å². The summed E-state index contributed by atoms with van der Waals surface area (Å²) in [5, 5.41) is 25.0. The summed E-state index contributed by atoms with van der Waals surface area (Å²) in [7, 11) is 0. The Morgan fingerprint density at radius 3 is 2.88 bits per heavy atom. The number of nitrogen functional groups attached to an aromatic ring is 1. The van der Waals surface area contributed by atoms with Gasteiger partial charge in [-0.2, -0.15) is 5.10 Å². The fourth-order valence-corrected chi connectivity index (χ4v) is 4.74. The molecule has 1 aliphatic rings. The molecule has 4 aromatic rings. The van der Waals surface area contributed by atoms with Crippen molar-refractivity contribution in [2.75, 3.05) is 17.6 Å². The van der Waals surface area contributed by atoms with Crippen LogP contribution in [0, 0.1) is 6.92 Å². The molecule has 0 fully saturated rings. The number of hydrogen-bond donors (Lipinski definition) is 4. The summed E-state index contributed by atoms with van der Waals surface area (Å²) >= 11 is 0. The molecule has 0 saturated heterocycles. The zero-order chi connectivity index (χ0) is 22.2. The number of nitrogens with one attached hydrogen (secondary N) is 2. The van der Waals surface area contributed by atoms with Crippen molar-refractivity contribution in [3.05, 3.63) is 88.7 Å². The molecule has 1 aromatic heterocycles. The minimum atomic E-state index is -0.883. The molecule has 1 aliphatic heterocycles. The third-order valence-corrected chi connectivity index (χ3v) is 6.24. The third-order valence-electron chi connectivity index (χ3n) is 6.24. The average molecular weight is 428 g/mol. The highest BCUT2D eigenvalue weighted by Crippen LogP contribution is 2.32. The molecule has 3 aromatic carbocycles. The summed E-state index contributed by atoms with van der Waals surface area (Å²) in [6, 6.07) is 20.3. The summed E-state index contributed by atoms with van der Waals surface area (Å²) in [6.45, 7) is 6.49. The monoisotopic (exact) mass is 427 g/mol. The fraction of sp³-hybridized carbons (Fsp3) is 0.269. The average Bonchev–Trinajstić information content (AvgIpc) is 3.13. The van der Waals surface area contributed by atoms with E-state index in [-0.39, 0.29) is 0 Å². The first-order chi connectivity index (χ1) is 15.5. The van der Waals surface area contributed by atoms with Gasteiger partial charge in [0.25, 0.3) is 0 Å². The molecule has 6 nitrogen and oxygen atoms in total. The van der Waals surface area contributed by atoms with Crippen molar-refractivity contribution in [1.29, 1.82) is 0 Å². The lowest BCUT2D eigenvalue weighted by molar-refractivity contribution is 0.201. The number of nitrogens with zero attached hydrogens (tertiary/aromatic N) is 2. The van der Waals surface area contributed by atoms with Crippen LogP contribution in [0.4, 0.5) is 11.4 Å². The molecule has 5 N–H and O–H groups in total. The van der Waals surface area contributed by atoms with Gasteiger partial charge in [0, 0.05) is 41.6 Å².